The second-order valence-corrected chi connectivity index (χ2v) is 9.98. The van der Waals surface area contributed by atoms with Crippen molar-refractivity contribution >= 4 is 28.8 Å². The first kappa shape index (κ1) is 22.9. The number of benzene rings is 1. The zero-order chi connectivity index (χ0) is 22.9. The monoisotopic (exact) mass is 477 g/mol. The third kappa shape index (κ3) is 5.04. The van der Waals surface area contributed by atoms with E-state index in [9.17, 15) is 13.6 Å². The van der Waals surface area contributed by atoms with Crippen molar-refractivity contribution in [2.75, 3.05) is 13.1 Å². The summed E-state index contributed by atoms with van der Waals surface area (Å²) >= 11 is 8.17. The maximum Gasteiger partial charge on any atom is 0.253 e. The van der Waals surface area contributed by atoms with Crippen LogP contribution in [0.4, 0.5) is 8.78 Å². The van der Waals surface area contributed by atoms with Crippen LogP contribution in [0.3, 0.4) is 0 Å². The van der Waals surface area contributed by atoms with Crippen LogP contribution in [0.1, 0.15) is 43.5 Å². The summed E-state index contributed by atoms with van der Waals surface area (Å²) in [4.78, 5) is 15.3. The molecule has 4 nitrogen and oxygen atoms in total. The number of halogens is 3. The number of aryl methyl sites for hydroxylation is 1. The van der Waals surface area contributed by atoms with Gasteiger partial charge in [0.1, 0.15) is 0 Å². The lowest BCUT2D eigenvalue weighted by atomic mass is 10.0. The molecule has 32 heavy (non-hydrogen) atoms. The summed E-state index contributed by atoms with van der Waals surface area (Å²) in [5, 5.41) is 6.97. The van der Waals surface area contributed by atoms with E-state index in [1.165, 1.54) is 4.90 Å². The Hall–Kier alpha value is -2.25. The van der Waals surface area contributed by atoms with Crippen LogP contribution in [0.5, 0.6) is 0 Å². The van der Waals surface area contributed by atoms with Gasteiger partial charge in [-0.05, 0) is 47.5 Å². The van der Waals surface area contributed by atoms with E-state index in [2.05, 4.69) is 25.0 Å². The van der Waals surface area contributed by atoms with Crippen molar-refractivity contribution in [3.8, 4) is 21.7 Å². The molecular formula is C24H26ClF2N3OS. The first-order chi connectivity index (χ1) is 15.2. The predicted molar refractivity (Wildman–Crippen MR) is 126 cm³/mol. The number of thiophene rings is 1. The van der Waals surface area contributed by atoms with Gasteiger partial charge in [-0.3, -0.25) is 9.48 Å². The summed E-state index contributed by atoms with van der Waals surface area (Å²) in [5.74, 6) is -2.33. The summed E-state index contributed by atoms with van der Waals surface area (Å²) in [7, 11) is 0. The minimum absolute atomic E-state index is 0.0591. The molecule has 0 bridgehead atoms. The molecule has 0 unspecified atom stereocenters. The number of alkyl halides is 2. The van der Waals surface area contributed by atoms with Crippen molar-refractivity contribution in [3.05, 3.63) is 52.5 Å². The Kier molecular flexibility index (Phi) is 6.67. The number of carbonyl (C=O) groups is 1. The third-order valence-electron chi connectivity index (χ3n) is 5.80. The molecule has 3 aromatic rings. The highest BCUT2D eigenvalue weighted by Gasteiger charge is 2.35. The molecule has 2 aromatic heterocycles. The first-order valence-corrected chi connectivity index (χ1v) is 12.1. The fourth-order valence-corrected chi connectivity index (χ4v) is 5.04. The van der Waals surface area contributed by atoms with Crippen molar-refractivity contribution in [1.29, 1.82) is 0 Å². The van der Waals surface area contributed by atoms with E-state index < -0.39 is 5.92 Å². The van der Waals surface area contributed by atoms with Gasteiger partial charge in [0.2, 0.25) is 0 Å². The van der Waals surface area contributed by atoms with Crippen LogP contribution in [0.25, 0.3) is 21.7 Å². The molecule has 0 radical (unpaired) electrons. The van der Waals surface area contributed by atoms with Gasteiger partial charge >= 0.3 is 0 Å². The number of rotatable bonds is 6. The van der Waals surface area contributed by atoms with E-state index >= 15 is 0 Å². The van der Waals surface area contributed by atoms with E-state index in [1.54, 1.807) is 23.5 Å². The van der Waals surface area contributed by atoms with Gasteiger partial charge in [-0.1, -0.05) is 31.5 Å². The van der Waals surface area contributed by atoms with Crippen molar-refractivity contribution in [2.24, 2.45) is 5.92 Å². The topological polar surface area (TPSA) is 38.1 Å². The summed E-state index contributed by atoms with van der Waals surface area (Å²) in [6.45, 7) is 5.38. The minimum Gasteiger partial charge on any atom is -0.338 e. The summed E-state index contributed by atoms with van der Waals surface area (Å²) in [5.41, 5.74) is 3.31. The molecular weight excluding hydrogens is 452 g/mol. The Morgan fingerprint density at radius 3 is 2.66 bits per heavy atom. The SMILES string of the molecule is CC(C)CCn1nccc1-c1cc(-c2ccc(C(=O)N3CCC(F)(F)CC3)cc2Cl)cs1. The molecule has 8 heteroatoms. The van der Waals surface area contributed by atoms with Gasteiger partial charge in [0.15, 0.2) is 0 Å². The molecule has 0 N–H and O–H groups in total. The number of nitrogens with zero attached hydrogens (tertiary/aromatic N) is 3. The van der Waals surface area contributed by atoms with Crippen LogP contribution in [-0.4, -0.2) is 39.6 Å². The fourth-order valence-electron chi connectivity index (χ4n) is 3.81. The molecule has 1 saturated heterocycles. The van der Waals surface area contributed by atoms with E-state index in [1.807, 2.05) is 28.4 Å². The lowest BCUT2D eigenvalue weighted by molar-refractivity contribution is -0.0494. The number of piperidine rings is 1. The molecule has 0 atom stereocenters. The zero-order valence-electron chi connectivity index (χ0n) is 18.2. The highest BCUT2D eigenvalue weighted by molar-refractivity contribution is 7.14. The number of likely N-dealkylation sites (tertiary alicyclic amines) is 1. The highest BCUT2D eigenvalue weighted by atomic mass is 35.5. The van der Waals surface area contributed by atoms with Gasteiger partial charge in [0.05, 0.1) is 10.6 Å². The fraction of sp³-hybridized carbons (Fsp3) is 0.417. The van der Waals surface area contributed by atoms with Gasteiger partial charge in [0.25, 0.3) is 11.8 Å². The molecule has 1 aromatic carbocycles. The lowest BCUT2D eigenvalue weighted by Gasteiger charge is -2.31. The zero-order valence-corrected chi connectivity index (χ0v) is 19.7. The van der Waals surface area contributed by atoms with Gasteiger partial charge in [-0.2, -0.15) is 5.10 Å². The van der Waals surface area contributed by atoms with Crippen LogP contribution >= 0.6 is 22.9 Å². The molecule has 3 heterocycles. The van der Waals surface area contributed by atoms with Gasteiger partial charge in [0, 0.05) is 54.8 Å². The average Bonchev–Trinajstić information content (AvgIpc) is 3.41. The maximum atomic E-state index is 13.4. The number of carbonyl (C=O) groups excluding carboxylic acids is 1. The summed E-state index contributed by atoms with van der Waals surface area (Å²) < 4.78 is 28.8. The summed E-state index contributed by atoms with van der Waals surface area (Å²) in [6, 6.07) is 9.29. The van der Waals surface area contributed by atoms with Crippen molar-refractivity contribution < 1.29 is 13.6 Å². The Bertz CT molecular complexity index is 1100. The molecule has 1 amide bonds. The van der Waals surface area contributed by atoms with Crippen molar-refractivity contribution in [2.45, 2.75) is 45.6 Å². The Morgan fingerprint density at radius 1 is 1.22 bits per heavy atom. The van der Waals surface area contributed by atoms with Crippen molar-refractivity contribution in [3.63, 3.8) is 0 Å². The number of hydrogen-bond donors (Lipinski definition) is 0. The smallest absolute Gasteiger partial charge is 0.253 e. The maximum absolute atomic E-state index is 13.4. The third-order valence-corrected chi connectivity index (χ3v) is 7.06. The quantitative estimate of drug-likeness (QED) is 0.389. The highest BCUT2D eigenvalue weighted by Crippen LogP contribution is 2.36. The second kappa shape index (κ2) is 9.32. The molecule has 0 spiro atoms. The van der Waals surface area contributed by atoms with Gasteiger partial charge < -0.3 is 4.90 Å². The number of amides is 1. The minimum atomic E-state index is -2.68. The average molecular weight is 478 g/mol. The van der Waals surface area contributed by atoms with E-state index in [4.69, 9.17) is 11.6 Å². The van der Waals surface area contributed by atoms with Crippen LogP contribution in [-0.2, 0) is 6.54 Å². The van der Waals surface area contributed by atoms with Crippen LogP contribution in [0, 0.1) is 5.92 Å². The standard InChI is InChI=1S/C24H26ClF2N3OS/c1-16(2)6-10-30-21(5-9-28-30)22-14-18(15-32-22)19-4-3-17(13-20(19)25)23(31)29-11-7-24(26,27)8-12-29/h3-5,9,13-16H,6-8,10-12H2,1-2H3. The first-order valence-electron chi connectivity index (χ1n) is 10.8. The Balaban J connectivity index is 1.51. The lowest BCUT2D eigenvalue weighted by Crippen LogP contribution is -2.42. The van der Waals surface area contributed by atoms with Crippen LogP contribution in [0.15, 0.2) is 41.9 Å². The molecule has 1 aliphatic heterocycles. The molecule has 170 valence electrons. The van der Waals surface area contributed by atoms with Gasteiger partial charge in [-0.25, -0.2) is 8.78 Å². The second-order valence-electron chi connectivity index (χ2n) is 8.66. The van der Waals surface area contributed by atoms with E-state index in [-0.39, 0.29) is 31.8 Å². The molecule has 1 fully saturated rings. The van der Waals surface area contributed by atoms with Gasteiger partial charge in [-0.15, -0.1) is 11.3 Å². The normalized spacial score (nSPS) is 16.0. The van der Waals surface area contributed by atoms with E-state index in [0.29, 0.717) is 16.5 Å². The molecule has 4 rings (SSSR count). The summed E-state index contributed by atoms with van der Waals surface area (Å²) in [6.07, 6.45) is 2.29. The molecule has 0 aliphatic carbocycles. The largest absolute Gasteiger partial charge is 0.338 e. The predicted octanol–water partition coefficient (Wildman–Crippen LogP) is 6.85. The van der Waals surface area contributed by atoms with Crippen LogP contribution in [0.2, 0.25) is 5.02 Å². The van der Waals surface area contributed by atoms with E-state index in [0.717, 1.165) is 34.7 Å². The number of hydrogen-bond acceptors (Lipinski definition) is 3. The molecule has 1 aliphatic rings. The Morgan fingerprint density at radius 2 is 1.97 bits per heavy atom. The van der Waals surface area contributed by atoms with Crippen LogP contribution < -0.4 is 0 Å². The van der Waals surface area contributed by atoms with Crippen molar-refractivity contribution in [1.82, 2.24) is 14.7 Å². The molecule has 0 saturated carbocycles. The Labute approximate surface area is 195 Å². The number of aromatic nitrogens is 2.